The molecule has 0 saturated carbocycles. The van der Waals surface area contributed by atoms with Gasteiger partial charge in [0.15, 0.2) is 0 Å². The van der Waals surface area contributed by atoms with Crippen molar-refractivity contribution < 1.29 is 4.79 Å². The third-order valence-corrected chi connectivity index (χ3v) is 4.34. The summed E-state index contributed by atoms with van der Waals surface area (Å²) in [5.74, 6) is 0.590. The largest absolute Gasteiger partial charge is 0.353 e. The molecule has 2 heterocycles. The lowest BCUT2D eigenvalue weighted by atomic mass is 10.1. The zero-order chi connectivity index (χ0) is 17.1. The molecule has 0 spiro atoms. The molecule has 6 nitrogen and oxygen atoms in total. The lowest BCUT2D eigenvalue weighted by molar-refractivity contribution is 0.102. The van der Waals surface area contributed by atoms with Gasteiger partial charge in [-0.1, -0.05) is 12.1 Å². The van der Waals surface area contributed by atoms with E-state index in [1.165, 1.54) is 0 Å². The third-order valence-electron chi connectivity index (χ3n) is 4.34. The Morgan fingerprint density at radius 2 is 1.83 bits per heavy atom. The van der Waals surface area contributed by atoms with Crippen LogP contribution in [-0.2, 0) is 0 Å². The molecule has 24 heavy (non-hydrogen) atoms. The van der Waals surface area contributed by atoms with Gasteiger partial charge in [-0.3, -0.25) is 4.79 Å². The molecule has 0 aliphatic carbocycles. The first kappa shape index (κ1) is 16.4. The number of carbonyl (C=O) groups is 1. The van der Waals surface area contributed by atoms with Gasteiger partial charge >= 0.3 is 0 Å². The molecular weight excluding hydrogens is 302 g/mol. The topological polar surface area (TPSA) is 61.4 Å². The van der Waals surface area contributed by atoms with Crippen molar-refractivity contribution in [3.63, 3.8) is 0 Å². The van der Waals surface area contributed by atoms with E-state index in [9.17, 15) is 4.79 Å². The molecule has 0 unspecified atom stereocenters. The van der Waals surface area contributed by atoms with Crippen molar-refractivity contribution in [3.8, 4) is 0 Å². The fraction of sp³-hybridized carbons (Fsp3) is 0.389. The second kappa shape index (κ2) is 6.97. The molecule has 0 bridgehead atoms. The van der Waals surface area contributed by atoms with Gasteiger partial charge in [-0.25, -0.2) is 9.97 Å². The van der Waals surface area contributed by atoms with Crippen molar-refractivity contribution in [2.24, 2.45) is 0 Å². The maximum absolute atomic E-state index is 12.4. The SMILES string of the molecule is Cc1ccc(C)c(NC(=O)c2cnc(N3CCN(C)CC3)cn2)c1. The zero-order valence-electron chi connectivity index (χ0n) is 14.4. The van der Waals surface area contributed by atoms with E-state index < -0.39 is 0 Å². The fourth-order valence-electron chi connectivity index (χ4n) is 2.69. The molecule has 1 saturated heterocycles. The predicted molar refractivity (Wildman–Crippen MR) is 95.6 cm³/mol. The lowest BCUT2D eigenvalue weighted by Crippen LogP contribution is -2.44. The Morgan fingerprint density at radius 1 is 1.08 bits per heavy atom. The van der Waals surface area contributed by atoms with E-state index >= 15 is 0 Å². The number of rotatable bonds is 3. The Labute approximate surface area is 142 Å². The lowest BCUT2D eigenvalue weighted by Gasteiger charge is -2.32. The Kier molecular flexibility index (Phi) is 4.76. The predicted octanol–water partition coefficient (Wildman–Crippen LogP) is 2.10. The van der Waals surface area contributed by atoms with Crippen LogP contribution in [0, 0.1) is 13.8 Å². The summed E-state index contributed by atoms with van der Waals surface area (Å²) >= 11 is 0. The van der Waals surface area contributed by atoms with Crippen LogP contribution in [-0.4, -0.2) is 54.0 Å². The van der Waals surface area contributed by atoms with Crippen LogP contribution in [0.1, 0.15) is 21.6 Å². The van der Waals surface area contributed by atoms with Gasteiger partial charge in [0.25, 0.3) is 5.91 Å². The number of amides is 1. The third kappa shape index (κ3) is 3.71. The van der Waals surface area contributed by atoms with Crippen LogP contribution >= 0.6 is 0 Å². The van der Waals surface area contributed by atoms with Crippen molar-refractivity contribution in [2.45, 2.75) is 13.8 Å². The smallest absolute Gasteiger partial charge is 0.275 e. The van der Waals surface area contributed by atoms with Crippen molar-refractivity contribution >= 4 is 17.4 Å². The summed E-state index contributed by atoms with van der Waals surface area (Å²) in [5.41, 5.74) is 3.27. The molecule has 1 amide bonds. The summed E-state index contributed by atoms with van der Waals surface area (Å²) in [6, 6.07) is 5.97. The highest BCUT2D eigenvalue weighted by molar-refractivity contribution is 6.03. The van der Waals surface area contributed by atoms with Crippen LogP contribution in [0.15, 0.2) is 30.6 Å². The Morgan fingerprint density at radius 3 is 2.50 bits per heavy atom. The second-order valence-corrected chi connectivity index (χ2v) is 6.32. The van der Waals surface area contributed by atoms with E-state index in [2.05, 4.69) is 32.1 Å². The van der Waals surface area contributed by atoms with Gasteiger partial charge in [0.1, 0.15) is 11.5 Å². The minimum absolute atomic E-state index is 0.235. The standard InChI is InChI=1S/C18H23N5O/c1-13-4-5-14(2)15(10-13)21-18(24)16-11-20-17(12-19-16)23-8-6-22(3)7-9-23/h4-5,10-12H,6-9H2,1-3H3,(H,21,24). The molecule has 3 rings (SSSR count). The maximum Gasteiger partial charge on any atom is 0.275 e. The van der Waals surface area contributed by atoms with Gasteiger partial charge in [-0.2, -0.15) is 0 Å². The van der Waals surface area contributed by atoms with E-state index in [0.717, 1.165) is 48.8 Å². The van der Waals surface area contributed by atoms with Crippen molar-refractivity contribution in [3.05, 3.63) is 47.4 Å². The van der Waals surface area contributed by atoms with Gasteiger partial charge in [-0.05, 0) is 38.1 Å². The number of anilines is 2. The van der Waals surface area contributed by atoms with Crippen LogP contribution in [0.2, 0.25) is 0 Å². The summed E-state index contributed by atoms with van der Waals surface area (Å²) < 4.78 is 0. The summed E-state index contributed by atoms with van der Waals surface area (Å²) in [6.07, 6.45) is 3.23. The number of hydrogen-bond donors (Lipinski definition) is 1. The van der Waals surface area contributed by atoms with Crippen molar-refractivity contribution in [1.29, 1.82) is 0 Å². The van der Waals surface area contributed by atoms with Crippen LogP contribution in [0.3, 0.4) is 0 Å². The summed E-state index contributed by atoms with van der Waals surface area (Å²) in [6.45, 7) is 7.85. The number of aryl methyl sites for hydroxylation is 2. The average Bonchev–Trinajstić information content (AvgIpc) is 2.59. The summed E-state index contributed by atoms with van der Waals surface area (Å²) in [4.78, 5) is 25.6. The van der Waals surface area contributed by atoms with Gasteiger partial charge in [-0.15, -0.1) is 0 Å². The number of hydrogen-bond acceptors (Lipinski definition) is 5. The number of aromatic nitrogens is 2. The van der Waals surface area contributed by atoms with E-state index in [0.29, 0.717) is 5.69 Å². The highest BCUT2D eigenvalue weighted by Gasteiger charge is 2.16. The molecule has 1 N–H and O–H groups in total. The van der Waals surface area contributed by atoms with Gasteiger partial charge in [0.2, 0.25) is 0 Å². The van der Waals surface area contributed by atoms with E-state index in [1.807, 2.05) is 32.0 Å². The van der Waals surface area contributed by atoms with Crippen molar-refractivity contribution in [2.75, 3.05) is 43.4 Å². The highest BCUT2D eigenvalue weighted by Crippen LogP contribution is 2.17. The molecule has 0 radical (unpaired) electrons. The van der Waals surface area contributed by atoms with E-state index in [4.69, 9.17) is 0 Å². The normalized spacial score (nSPS) is 15.4. The Balaban J connectivity index is 1.68. The Hall–Kier alpha value is -2.47. The molecule has 1 fully saturated rings. The average molecular weight is 325 g/mol. The first-order chi connectivity index (χ1) is 11.5. The molecule has 1 aliphatic heterocycles. The van der Waals surface area contributed by atoms with Crippen LogP contribution < -0.4 is 10.2 Å². The van der Waals surface area contributed by atoms with E-state index in [1.54, 1.807) is 12.4 Å². The highest BCUT2D eigenvalue weighted by atomic mass is 16.1. The fourth-order valence-corrected chi connectivity index (χ4v) is 2.69. The molecule has 126 valence electrons. The molecule has 1 aliphatic rings. The molecule has 0 atom stereocenters. The maximum atomic E-state index is 12.4. The first-order valence-electron chi connectivity index (χ1n) is 8.17. The quantitative estimate of drug-likeness (QED) is 0.936. The number of piperazine rings is 1. The van der Waals surface area contributed by atoms with Crippen molar-refractivity contribution in [1.82, 2.24) is 14.9 Å². The second-order valence-electron chi connectivity index (χ2n) is 6.32. The number of nitrogens with zero attached hydrogens (tertiary/aromatic N) is 4. The zero-order valence-corrected chi connectivity index (χ0v) is 14.4. The van der Waals surface area contributed by atoms with Crippen LogP contribution in [0.5, 0.6) is 0 Å². The minimum atomic E-state index is -0.235. The van der Waals surface area contributed by atoms with Gasteiger partial charge in [0.05, 0.1) is 12.4 Å². The Bertz CT molecular complexity index is 721. The molecule has 6 heteroatoms. The van der Waals surface area contributed by atoms with E-state index in [-0.39, 0.29) is 5.91 Å². The molecule has 1 aromatic heterocycles. The summed E-state index contributed by atoms with van der Waals surface area (Å²) in [7, 11) is 2.11. The number of carbonyl (C=O) groups excluding carboxylic acids is 1. The summed E-state index contributed by atoms with van der Waals surface area (Å²) in [5, 5.41) is 2.91. The number of nitrogens with one attached hydrogen (secondary N) is 1. The molecule has 2 aromatic rings. The van der Waals surface area contributed by atoms with Gasteiger partial charge < -0.3 is 15.1 Å². The monoisotopic (exact) mass is 325 g/mol. The van der Waals surface area contributed by atoms with Crippen LogP contribution in [0.25, 0.3) is 0 Å². The van der Waals surface area contributed by atoms with Gasteiger partial charge in [0, 0.05) is 31.9 Å². The minimum Gasteiger partial charge on any atom is -0.353 e. The molecule has 1 aromatic carbocycles. The van der Waals surface area contributed by atoms with Crippen LogP contribution in [0.4, 0.5) is 11.5 Å². The number of benzene rings is 1. The molecular formula is C18H23N5O. The first-order valence-corrected chi connectivity index (χ1v) is 8.17. The number of likely N-dealkylation sites (N-methyl/N-ethyl adjacent to an activating group) is 1.